The van der Waals surface area contributed by atoms with E-state index in [1.54, 1.807) is 36.4 Å². The van der Waals surface area contributed by atoms with Gasteiger partial charge >= 0.3 is 5.97 Å². The van der Waals surface area contributed by atoms with E-state index >= 15 is 0 Å². The number of amides is 2. The van der Waals surface area contributed by atoms with Crippen LogP contribution in [-0.4, -0.2) is 33.0 Å². The molecule has 8 heteroatoms. The topological polar surface area (TPSA) is 103 Å². The van der Waals surface area contributed by atoms with Gasteiger partial charge in [0.2, 0.25) is 0 Å². The van der Waals surface area contributed by atoms with E-state index in [0.29, 0.717) is 10.6 Å². The number of nitrogens with zero attached hydrogens (tertiary/aromatic N) is 3. The quantitative estimate of drug-likeness (QED) is 0.675. The lowest BCUT2D eigenvalue weighted by molar-refractivity contribution is -0.0594. The van der Waals surface area contributed by atoms with Crippen LogP contribution in [0.15, 0.2) is 59.1 Å². The number of hydroxylamine groups is 2. The SMILES string of the molecule is O=C(ON1C(=O)c2ccccc2C1=O)c1noc(-c2ccccc2)n1. The molecule has 3 aromatic rings. The average Bonchev–Trinajstić information content (AvgIpc) is 3.23. The maximum Gasteiger partial charge on any atom is 0.404 e. The van der Waals surface area contributed by atoms with Crippen LogP contribution in [0.3, 0.4) is 0 Å². The van der Waals surface area contributed by atoms with Crippen molar-refractivity contribution in [2.45, 2.75) is 0 Å². The van der Waals surface area contributed by atoms with E-state index in [2.05, 4.69) is 10.1 Å². The van der Waals surface area contributed by atoms with Crippen LogP contribution in [0.5, 0.6) is 0 Å². The predicted molar refractivity (Wildman–Crippen MR) is 82.1 cm³/mol. The van der Waals surface area contributed by atoms with Gasteiger partial charge in [-0.15, -0.1) is 0 Å². The molecule has 0 saturated carbocycles. The summed E-state index contributed by atoms with van der Waals surface area (Å²) in [4.78, 5) is 45.2. The summed E-state index contributed by atoms with van der Waals surface area (Å²) in [6.07, 6.45) is 0. The smallest absolute Gasteiger partial charge is 0.333 e. The van der Waals surface area contributed by atoms with Crippen LogP contribution in [0.25, 0.3) is 11.5 Å². The monoisotopic (exact) mass is 335 g/mol. The Morgan fingerprint density at radius 2 is 1.52 bits per heavy atom. The molecule has 122 valence electrons. The van der Waals surface area contributed by atoms with Gasteiger partial charge in [0.25, 0.3) is 23.5 Å². The number of fused-ring (bicyclic) bond motifs is 1. The van der Waals surface area contributed by atoms with E-state index in [-0.39, 0.29) is 17.0 Å². The van der Waals surface area contributed by atoms with Gasteiger partial charge in [0, 0.05) is 5.56 Å². The Bertz CT molecular complexity index is 961. The molecule has 0 N–H and O–H groups in total. The van der Waals surface area contributed by atoms with Crippen molar-refractivity contribution in [3.8, 4) is 11.5 Å². The van der Waals surface area contributed by atoms with Crippen molar-refractivity contribution >= 4 is 17.8 Å². The maximum absolute atomic E-state index is 12.2. The molecule has 2 amide bonds. The summed E-state index contributed by atoms with van der Waals surface area (Å²) in [7, 11) is 0. The van der Waals surface area contributed by atoms with Gasteiger partial charge in [-0.2, -0.15) is 4.98 Å². The molecule has 1 aliphatic heterocycles. The summed E-state index contributed by atoms with van der Waals surface area (Å²) in [5, 5.41) is 3.92. The van der Waals surface area contributed by atoms with Crippen LogP contribution in [0.2, 0.25) is 0 Å². The van der Waals surface area contributed by atoms with Crippen LogP contribution in [-0.2, 0) is 4.84 Å². The number of carbonyl (C=O) groups is 3. The highest BCUT2D eigenvalue weighted by Gasteiger charge is 2.39. The first kappa shape index (κ1) is 14.8. The standard InChI is InChI=1S/C17H9N3O5/c21-15-11-8-4-5-9-12(11)16(22)20(15)25-17(23)13-18-14(24-19-13)10-6-2-1-3-7-10/h1-9H. The van der Waals surface area contributed by atoms with Crippen LogP contribution in [0, 0.1) is 0 Å². The zero-order valence-corrected chi connectivity index (χ0v) is 12.6. The van der Waals surface area contributed by atoms with E-state index in [0.717, 1.165) is 0 Å². The first-order valence-electron chi connectivity index (χ1n) is 7.24. The highest BCUT2D eigenvalue weighted by molar-refractivity contribution is 6.21. The lowest BCUT2D eigenvalue weighted by Crippen LogP contribution is -2.33. The van der Waals surface area contributed by atoms with Gasteiger partial charge in [0.1, 0.15) is 0 Å². The number of carbonyl (C=O) groups excluding carboxylic acids is 3. The number of hydrogen-bond acceptors (Lipinski definition) is 7. The van der Waals surface area contributed by atoms with Crippen LogP contribution in [0.1, 0.15) is 31.3 Å². The van der Waals surface area contributed by atoms with Crippen molar-refractivity contribution in [3.63, 3.8) is 0 Å². The number of aromatic nitrogens is 2. The minimum Gasteiger partial charge on any atom is -0.333 e. The molecule has 2 heterocycles. The third kappa shape index (κ3) is 2.45. The highest BCUT2D eigenvalue weighted by Crippen LogP contribution is 2.23. The molecule has 0 bridgehead atoms. The number of imide groups is 1. The minimum atomic E-state index is -1.07. The number of benzene rings is 2. The molecule has 8 nitrogen and oxygen atoms in total. The van der Waals surface area contributed by atoms with Crippen LogP contribution < -0.4 is 0 Å². The molecule has 0 radical (unpaired) electrons. The summed E-state index contributed by atoms with van der Waals surface area (Å²) in [5.41, 5.74) is 0.951. The maximum atomic E-state index is 12.2. The fraction of sp³-hybridized carbons (Fsp3) is 0. The third-order valence-corrected chi connectivity index (χ3v) is 3.56. The molecule has 0 aliphatic carbocycles. The Morgan fingerprint density at radius 3 is 2.16 bits per heavy atom. The van der Waals surface area contributed by atoms with E-state index < -0.39 is 23.6 Å². The van der Waals surface area contributed by atoms with Crippen LogP contribution in [0.4, 0.5) is 0 Å². The molecule has 0 saturated heterocycles. The second-order valence-corrected chi connectivity index (χ2v) is 5.12. The van der Waals surface area contributed by atoms with Gasteiger partial charge < -0.3 is 9.36 Å². The van der Waals surface area contributed by atoms with Gasteiger partial charge in [0.05, 0.1) is 11.1 Å². The van der Waals surface area contributed by atoms with Crippen molar-refractivity contribution in [2.75, 3.05) is 0 Å². The summed E-state index contributed by atoms with van der Waals surface area (Å²) in [5.74, 6) is -2.78. The molecule has 25 heavy (non-hydrogen) atoms. The van der Waals surface area contributed by atoms with Gasteiger partial charge in [-0.25, -0.2) is 4.79 Å². The van der Waals surface area contributed by atoms with Gasteiger partial charge in [-0.05, 0) is 29.4 Å². The van der Waals surface area contributed by atoms with Crippen molar-refractivity contribution in [3.05, 3.63) is 71.5 Å². The minimum absolute atomic E-state index is 0.120. The first-order chi connectivity index (χ1) is 12.1. The van der Waals surface area contributed by atoms with E-state index in [9.17, 15) is 14.4 Å². The summed E-state index contributed by atoms with van der Waals surface area (Å²) in [6, 6.07) is 15.0. The first-order valence-corrected chi connectivity index (χ1v) is 7.24. The van der Waals surface area contributed by atoms with Crippen LogP contribution >= 0.6 is 0 Å². The molecule has 1 aliphatic rings. The molecule has 2 aromatic carbocycles. The second-order valence-electron chi connectivity index (χ2n) is 5.12. The Balaban J connectivity index is 1.55. The molecular weight excluding hydrogens is 326 g/mol. The zero-order valence-electron chi connectivity index (χ0n) is 12.6. The van der Waals surface area contributed by atoms with Gasteiger partial charge in [-0.3, -0.25) is 9.59 Å². The molecular formula is C17H9N3O5. The number of hydrogen-bond donors (Lipinski definition) is 0. The predicted octanol–water partition coefficient (Wildman–Crippen LogP) is 2.10. The van der Waals surface area contributed by atoms with Crippen molar-refractivity contribution in [1.29, 1.82) is 0 Å². The van der Waals surface area contributed by atoms with E-state index in [4.69, 9.17) is 9.36 Å². The zero-order chi connectivity index (χ0) is 17.4. The average molecular weight is 335 g/mol. The normalized spacial score (nSPS) is 13.0. The molecule has 1 aromatic heterocycles. The fourth-order valence-electron chi connectivity index (χ4n) is 2.38. The summed E-state index contributed by atoms with van der Waals surface area (Å²) < 4.78 is 5.00. The summed E-state index contributed by atoms with van der Waals surface area (Å²) >= 11 is 0. The molecule has 0 fully saturated rings. The summed E-state index contributed by atoms with van der Waals surface area (Å²) in [6.45, 7) is 0. The van der Waals surface area contributed by atoms with E-state index in [1.807, 2.05) is 6.07 Å². The third-order valence-electron chi connectivity index (χ3n) is 3.56. The Kier molecular flexibility index (Phi) is 3.35. The lowest BCUT2D eigenvalue weighted by atomic mass is 10.1. The molecule has 0 spiro atoms. The highest BCUT2D eigenvalue weighted by atomic mass is 16.7. The van der Waals surface area contributed by atoms with Crippen molar-refractivity contribution in [1.82, 2.24) is 15.2 Å². The Labute approximate surface area is 140 Å². The molecule has 0 atom stereocenters. The van der Waals surface area contributed by atoms with Gasteiger partial charge in [0.15, 0.2) is 0 Å². The Hall–Kier alpha value is -3.81. The Morgan fingerprint density at radius 1 is 0.920 bits per heavy atom. The van der Waals surface area contributed by atoms with E-state index in [1.165, 1.54) is 12.1 Å². The largest absolute Gasteiger partial charge is 0.404 e. The molecule has 0 unspecified atom stereocenters. The van der Waals surface area contributed by atoms with Crippen molar-refractivity contribution in [2.24, 2.45) is 0 Å². The number of rotatable bonds is 3. The van der Waals surface area contributed by atoms with Gasteiger partial charge in [-0.1, -0.05) is 35.4 Å². The lowest BCUT2D eigenvalue weighted by Gasteiger charge is -2.10. The van der Waals surface area contributed by atoms with Crippen molar-refractivity contribution < 1.29 is 23.7 Å². The molecule has 4 rings (SSSR count). The second kappa shape index (κ2) is 5.68. The fourth-order valence-corrected chi connectivity index (χ4v) is 2.38.